The minimum atomic E-state index is -0.574. The van der Waals surface area contributed by atoms with Crippen LogP contribution in [-0.2, 0) is 6.42 Å². The minimum absolute atomic E-state index is 0.0548. The Morgan fingerprint density at radius 3 is 2.16 bits per heavy atom. The van der Waals surface area contributed by atoms with Crippen molar-refractivity contribution >= 4 is 0 Å². The lowest BCUT2D eigenvalue weighted by Crippen LogP contribution is -2.34. The first-order valence-corrected chi connectivity index (χ1v) is 6.72. The van der Waals surface area contributed by atoms with Crippen LogP contribution in [0.2, 0.25) is 0 Å². The minimum Gasteiger partial charge on any atom is -0.392 e. The fourth-order valence-corrected chi connectivity index (χ4v) is 1.96. The van der Waals surface area contributed by atoms with E-state index in [9.17, 15) is 13.9 Å². The molecule has 108 valence electrons. The summed E-state index contributed by atoms with van der Waals surface area (Å²) in [6, 6.07) is 3.48. The van der Waals surface area contributed by atoms with Crippen LogP contribution in [0.3, 0.4) is 0 Å². The molecule has 2 N–H and O–H groups in total. The van der Waals surface area contributed by atoms with Crippen molar-refractivity contribution in [2.75, 3.05) is 13.1 Å². The van der Waals surface area contributed by atoms with Gasteiger partial charge in [-0.3, -0.25) is 0 Å². The van der Waals surface area contributed by atoms with Gasteiger partial charge in [-0.05, 0) is 42.5 Å². The molecular formula is C15H23F2NO. The highest BCUT2D eigenvalue weighted by atomic mass is 19.1. The third kappa shape index (κ3) is 6.12. The first-order chi connectivity index (χ1) is 8.88. The maximum absolute atomic E-state index is 13.1. The van der Waals surface area contributed by atoms with Crippen LogP contribution >= 0.6 is 0 Å². The molecule has 0 saturated heterocycles. The van der Waals surface area contributed by atoms with Crippen LogP contribution in [-0.4, -0.2) is 24.3 Å². The van der Waals surface area contributed by atoms with Crippen molar-refractivity contribution in [2.24, 2.45) is 11.8 Å². The van der Waals surface area contributed by atoms with Gasteiger partial charge in [-0.2, -0.15) is 0 Å². The Balaban J connectivity index is 2.46. The molecule has 1 aromatic carbocycles. The summed E-state index contributed by atoms with van der Waals surface area (Å²) in [4.78, 5) is 0. The lowest BCUT2D eigenvalue weighted by Gasteiger charge is -2.20. The van der Waals surface area contributed by atoms with Gasteiger partial charge in [0.1, 0.15) is 11.6 Å². The SMILES string of the molecule is CC(C)CNC[C@@H](O)[C@@H](C)Cc1cc(F)cc(F)c1. The molecule has 1 aromatic rings. The van der Waals surface area contributed by atoms with Gasteiger partial charge in [-0.15, -0.1) is 0 Å². The van der Waals surface area contributed by atoms with Crippen molar-refractivity contribution in [3.63, 3.8) is 0 Å². The third-order valence-electron chi connectivity index (χ3n) is 3.04. The first kappa shape index (κ1) is 16.1. The summed E-state index contributed by atoms with van der Waals surface area (Å²) in [6.45, 7) is 7.41. The predicted octanol–water partition coefficient (Wildman–Crippen LogP) is 2.75. The van der Waals surface area contributed by atoms with Crippen LogP contribution in [0.4, 0.5) is 8.78 Å². The molecule has 0 saturated carbocycles. The second-order valence-electron chi connectivity index (χ2n) is 5.58. The molecule has 0 heterocycles. The standard InChI is InChI=1S/C15H23F2NO/c1-10(2)8-18-9-15(19)11(3)4-12-5-13(16)7-14(17)6-12/h5-7,10-11,15,18-19H,4,8-9H2,1-3H3/t11-,15+/m0/s1. The van der Waals surface area contributed by atoms with Gasteiger partial charge in [0, 0.05) is 12.6 Å². The highest BCUT2D eigenvalue weighted by molar-refractivity contribution is 5.18. The Bertz CT molecular complexity index is 375. The summed E-state index contributed by atoms with van der Waals surface area (Å²) in [5, 5.41) is 13.2. The highest BCUT2D eigenvalue weighted by Gasteiger charge is 2.15. The largest absolute Gasteiger partial charge is 0.392 e. The first-order valence-electron chi connectivity index (χ1n) is 6.72. The van der Waals surface area contributed by atoms with E-state index in [1.54, 1.807) is 0 Å². The van der Waals surface area contributed by atoms with E-state index in [2.05, 4.69) is 19.2 Å². The topological polar surface area (TPSA) is 32.3 Å². The molecule has 0 radical (unpaired) electrons. The van der Waals surface area contributed by atoms with Crippen molar-refractivity contribution in [1.82, 2.24) is 5.32 Å². The molecule has 0 aliphatic carbocycles. The highest BCUT2D eigenvalue weighted by Crippen LogP contribution is 2.15. The van der Waals surface area contributed by atoms with Gasteiger partial charge in [0.25, 0.3) is 0 Å². The summed E-state index contributed by atoms with van der Waals surface area (Å²) in [7, 11) is 0. The van der Waals surface area contributed by atoms with E-state index >= 15 is 0 Å². The van der Waals surface area contributed by atoms with Crippen molar-refractivity contribution in [2.45, 2.75) is 33.3 Å². The zero-order valence-corrected chi connectivity index (χ0v) is 11.8. The molecule has 0 aliphatic heterocycles. The zero-order valence-electron chi connectivity index (χ0n) is 11.8. The van der Waals surface area contributed by atoms with Gasteiger partial charge in [-0.25, -0.2) is 8.78 Å². The Morgan fingerprint density at radius 2 is 1.63 bits per heavy atom. The van der Waals surface area contributed by atoms with Crippen LogP contribution in [0.15, 0.2) is 18.2 Å². The smallest absolute Gasteiger partial charge is 0.126 e. The van der Waals surface area contributed by atoms with E-state index in [1.807, 2.05) is 6.92 Å². The number of hydrogen-bond donors (Lipinski definition) is 2. The van der Waals surface area contributed by atoms with Gasteiger partial charge < -0.3 is 10.4 Å². The van der Waals surface area contributed by atoms with Gasteiger partial charge in [0.05, 0.1) is 6.10 Å². The quantitative estimate of drug-likeness (QED) is 0.799. The maximum Gasteiger partial charge on any atom is 0.126 e. The molecule has 2 atom stereocenters. The molecule has 0 aromatic heterocycles. The number of hydrogen-bond acceptors (Lipinski definition) is 2. The molecule has 0 unspecified atom stereocenters. The number of rotatable bonds is 7. The number of benzene rings is 1. The molecule has 2 nitrogen and oxygen atoms in total. The lowest BCUT2D eigenvalue weighted by atomic mass is 9.95. The third-order valence-corrected chi connectivity index (χ3v) is 3.04. The maximum atomic E-state index is 13.1. The number of aliphatic hydroxyl groups is 1. The zero-order chi connectivity index (χ0) is 14.4. The van der Waals surface area contributed by atoms with Crippen molar-refractivity contribution in [3.8, 4) is 0 Å². The van der Waals surface area contributed by atoms with Gasteiger partial charge in [0.15, 0.2) is 0 Å². The van der Waals surface area contributed by atoms with Crippen LogP contribution in [0, 0.1) is 23.5 Å². The second kappa shape index (κ2) is 7.56. The Hall–Kier alpha value is -1.00. The Labute approximate surface area is 113 Å². The fourth-order valence-electron chi connectivity index (χ4n) is 1.96. The second-order valence-corrected chi connectivity index (χ2v) is 5.58. The van der Waals surface area contributed by atoms with Crippen LogP contribution in [0.5, 0.6) is 0 Å². The number of halogens is 2. The summed E-state index contributed by atoms with van der Waals surface area (Å²) in [6.07, 6.45) is -0.0655. The summed E-state index contributed by atoms with van der Waals surface area (Å²) < 4.78 is 26.1. The van der Waals surface area contributed by atoms with Crippen LogP contribution in [0.1, 0.15) is 26.3 Å². The van der Waals surface area contributed by atoms with E-state index in [1.165, 1.54) is 12.1 Å². The summed E-state index contributed by atoms with van der Waals surface area (Å²) in [5.74, 6) is -0.676. The molecular weight excluding hydrogens is 248 g/mol. The molecule has 0 bridgehead atoms. The lowest BCUT2D eigenvalue weighted by molar-refractivity contribution is 0.114. The van der Waals surface area contributed by atoms with Gasteiger partial charge in [0.2, 0.25) is 0 Å². The van der Waals surface area contributed by atoms with Crippen molar-refractivity contribution < 1.29 is 13.9 Å². The van der Waals surface area contributed by atoms with E-state index in [0.29, 0.717) is 24.4 Å². The van der Waals surface area contributed by atoms with Crippen molar-refractivity contribution in [3.05, 3.63) is 35.4 Å². The normalized spacial score (nSPS) is 14.7. The molecule has 0 aliphatic rings. The monoisotopic (exact) mass is 271 g/mol. The van der Waals surface area contributed by atoms with E-state index in [-0.39, 0.29) is 5.92 Å². The van der Waals surface area contributed by atoms with Crippen LogP contribution in [0.25, 0.3) is 0 Å². The average molecular weight is 271 g/mol. The number of aliphatic hydroxyl groups excluding tert-OH is 1. The molecule has 1 rings (SSSR count). The fraction of sp³-hybridized carbons (Fsp3) is 0.600. The molecule has 0 spiro atoms. The molecule has 0 fully saturated rings. The summed E-state index contributed by atoms with van der Waals surface area (Å²) in [5.41, 5.74) is 0.577. The van der Waals surface area contributed by atoms with E-state index < -0.39 is 17.7 Å². The van der Waals surface area contributed by atoms with Crippen LogP contribution < -0.4 is 5.32 Å². The predicted molar refractivity (Wildman–Crippen MR) is 72.9 cm³/mol. The van der Waals surface area contributed by atoms with Gasteiger partial charge >= 0.3 is 0 Å². The molecule has 19 heavy (non-hydrogen) atoms. The molecule has 4 heteroatoms. The van der Waals surface area contributed by atoms with E-state index in [0.717, 1.165) is 12.6 Å². The Kier molecular flexibility index (Phi) is 6.38. The number of nitrogens with one attached hydrogen (secondary N) is 1. The molecule has 0 amide bonds. The van der Waals surface area contributed by atoms with Gasteiger partial charge in [-0.1, -0.05) is 20.8 Å². The van der Waals surface area contributed by atoms with Crippen molar-refractivity contribution in [1.29, 1.82) is 0 Å². The summed E-state index contributed by atoms with van der Waals surface area (Å²) >= 11 is 0. The van der Waals surface area contributed by atoms with E-state index in [4.69, 9.17) is 0 Å². The average Bonchev–Trinajstić information content (AvgIpc) is 2.26. The Morgan fingerprint density at radius 1 is 1.05 bits per heavy atom.